The Labute approximate surface area is 143 Å². The summed E-state index contributed by atoms with van der Waals surface area (Å²) in [7, 11) is 0. The number of amides is 1. The van der Waals surface area contributed by atoms with Crippen LogP contribution in [-0.2, 0) is 11.2 Å². The number of fused-ring (bicyclic) bond motifs is 1. The van der Waals surface area contributed by atoms with Gasteiger partial charge in [-0.05, 0) is 35.9 Å². The van der Waals surface area contributed by atoms with E-state index in [1.807, 2.05) is 0 Å². The lowest BCUT2D eigenvalue weighted by Gasteiger charge is -2.18. The van der Waals surface area contributed by atoms with Crippen LogP contribution in [0.5, 0.6) is 11.5 Å². The van der Waals surface area contributed by atoms with Gasteiger partial charge in [0.2, 0.25) is 5.91 Å². The number of rotatable bonds is 4. The molecule has 1 heterocycles. The first kappa shape index (κ1) is 16.1. The Bertz CT molecular complexity index is 806. The van der Waals surface area contributed by atoms with E-state index < -0.39 is 5.97 Å². The smallest absolute Gasteiger partial charge is 0.335 e. The lowest BCUT2D eigenvalue weighted by Crippen LogP contribution is -2.17. The maximum absolute atomic E-state index is 12.2. The lowest BCUT2D eigenvalue weighted by molar-refractivity contribution is -0.115. The van der Waals surface area contributed by atoms with Gasteiger partial charge in [0.25, 0.3) is 0 Å². The average molecular weight is 348 g/mol. The number of hydrogen-bond acceptors (Lipinski definition) is 4. The molecule has 2 N–H and O–H groups in total. The van der Waals surface area contributed by atoms with E-state index in [1.165, 1.54) is 18.2 Å². The normalized spacial score (nSPS) is 12.5. The van der Waals surface area contributed by atoms with Crippen molar-refractivity contribution in [2.75, 3.05) is 18.5 Å². The number of anilines is 1. The molecule has 0 bridgehead atoms. The highest BCUT2D eigenvalue weighted by Gasteiger charge is 2.14. The van der Waals surface area contributed by atoms with Crippen LogP contribution in [0.2, 0.25) is 5.02 Å². The number of halogens is 1. The number of carboxylic acids is 1. The van der Waals surface area contributed by atoms with Crippen LogP contribution in [0.25, 0.3) is 0 Å². The van der Waals surface area contributed by atoms with Gasteiger partial charge in [-0.1, -0.05) is 17.7 Å². The predicted molar refractivity (Wildman–Crippen MR) is 88.2 cm³/mol. The second-order valence-electron chi connectivity index (χ2n) is 5.24. The van der Waals surface area contributed by atoms with Gasteiger partial charge in [0.05, 0.1) is 12.0 Å². The van der Waals surface area contributed by atoms with Gasteiger partial charge in [0.15, 0.2) is 11.5 Å². The van der Waals surface area contributed by atoms with Crippen molar-refractivity contribution in [3.8, 4) is 11.5 Å². The number of ether oxygens (including phenoxy) is 2. The molecular weight excluding hydrogens is 334 g/mol. The van der Waals surface area contributed by atoms with Crippen LogP contribution in [0.4, 0.5) is 5.69 Å². The zero-order chi connectivity index (χ0) is 17.1. The molecular formula is C17H14ClNO5. The van der Waals surface area contributed by atoms with Crippen LogP contribution in [-0.4, -0.2) is 30.2 Å². The van der Waals surface area contributed by atoms with Gasteiger partial charge in [-0.25, -0.2) is 4.79 Å². The zero-order valence-corrected chi connectivity index (χ0v) is 13.3. The Morgan fingerprint density at radius 2 is 1.83 bits per heavy atom. The Morgan fingerprint density at radius 1 is 1.08 bits per heavy atom. The molecule has 7 heteroatoms. The summed E-state index contributed by atoms with van der Waals surface area (Å²) in [5.41, 5.74) is 1.11. The van der Waals surface area contributed by atoms with E-state index in [9.17, 15) is 9.59 Å². The van der Waals surface area contributed by atoms with E-state index in [1.54, 1.807) is 18.2 Å². The summed E-state index contributed by atoms with van der Waals surface area (Å²) in [6.07, 6.45) is 0.117. The Hall–Kier alpha value is -2.73. The number of carbonyl (C=O) groups excluding carboxylic acids is 1. The van der Waals surface area contributed by atoms with Crippen molar-refractivity contribution in [1.82, 2.24) is 0 Å². The molecule has 0 atom stereocenters. The maximum atomic E-state index is 12.2. The van der Waals surface area contributed by atoms with Crippen molar-refractivity contribution in [1.29, 1.82) is 0 Å². The van der Waals surface area contributed by atoms with E-state index in [0.29, 0.717) is 30.4 Å². The van der Waals surface area contributed by atoms with E-state index in [4.69, 9.17) is 26.2 Å². The summed E-state index contributed by atoms with van der Waals surface area (Å²) >= 11 is 5.87. The van der Waals surface area contributed by atoms with Crippen LogP contribution in [0.1, 0.15) is 15.9 Å². The topological polar surface area (TPSA) is 84.9 Å². The van der Waals surface area contributed by atoms with Gasteiger partial charge < -0.3 is 19.9 Å². The Morgan fingerprint density at radius 3 is 2.58 bits per heavy atom. The predicted octanol–water partition coefficient (Wildman–Crippen LogP) is 2.99. The SMILES string of the molecule is O=C(Cc1ccc2c(c1)OCCO2)Nc1cc(Cl)cc(C(=O)O)c1. The van der Waals surface area contributed by atoms with Gasteiger partial charge in [-0.2, -0.15) is 0 Å². The van der Waals surface area contributed by atoms with Crippen molar-refractivity contribution in [3.05, 3.63) is 52.5 Å². The van der Waals surface area contributed by atoms with Crippen LogP contribution < -0.4 is 14.8 Å². The van der Waals surface area contributed by atoms with Crippen LogP contribution >= 0.6 is 11.6 Å². The first-order chi connectivity index (χ1) is 11.5. The summed E-state index contributed by atoms with van der Waals surface area (Å²) in [5.74, 6) is -0.126. The largest absolute Gasteiger partial charge is 0.486 e. The molecule has 0 radical (unpaired) electrons. The summed E-state index contributed by atoms with van der Waals surface area (Å²) in [4.78, 5) is 23.2. The molecule has 2 aromatic carbocycles. The van der Waals surface area contributed by atoms with Crippen molar-refractivity contribution < 1.29 is 24.2 Å². The lowest BCUT2D eigenvalue weighted by atomic mass is 10.1. The first-order valence-corrected chi connectivity index (χ1v) is 7.61. The molecule has 0 spiro atoms. The quantitative estimate of drug-likeness (QED) is 0.888. The fraction of sp³-hybridized carbons (Fsp3) is 0.176. The standard InChI is InChI=1S/C17H14ClNO5/c18-12-7-11(17(21)22)8-13(9-12)19-16(20)6-10-1-2-14-15(5-10)24-4-3-23-14/h1-2,5,7-9H,3-4,6H2,(H,19,20)(H,21,22). The first-order valence-electron chi connectivity index (χ1n) is 7.23. The van der Waals surface area contributed by atoms with Crippen LogP contribution in [0.15, 0.2) is 36.4 Å². The minimum absolute atomic E-state index is 0.0112. The second-order valence-corrected chi connectivity index (χ2v) is 5.67. The van der Waals surface area contributed by atoms with E-state index in [-0.39, 0.29) is 22.9 Å². The number of carbonyl (C=O) groups is 2. The van der Waals surface area contributed by atoms with E-state index >= 15 is 0 Å². The summed E-state index contributed by atoms with van der Waals surface area (Å²) < 4.78 is 10.9. The summed E-state index contributed by atoms with van der Waals surface area (Å²) in [6.45, 7) is 0.983. The highest BCUT2D eigenvalue weighted by atomic mass is 35.5. The molecule has 0 aliphatic carbocycles. The third kappa shape index (κ3) is 3.78. The number of hydrogen-bond donors (Lipinski definition) is 2. The Balaban J connectivity index is 1.71. The van der Waals surface area contributed by atoms with Crippen LogP contribution in [0.3, 0.4) is 0 Å². The molecule has 0 saturated carbocycles. The van der Waals surface area contributed by atoms with Crippen molar-refractivity contribution in [2.45, 2.75) is 6.42 Å². The molecule has 2 aromatic rings. The molecule has 24 heavy (non-hydrogen) atoms. The molecule has 0 fully saturated rings. The monoisotopic (exact) mass is 347 g/mol. The van der Waals surface area contributed by atoms with Gasteiger partial charge in [-0.15, -0.1) is 0 Å². The number of aromatic carboxylic acids is 1. The van der Waals surface area contributed by atoms with Gasteiger partial charge in [-0.3, -0.25) is 4.79 Å². The van der Waals surface area contributed by atoms with E-state index in [0.717, 1.165) is 5.56 Å². The minimum atomic E-state index is -1.11. The third-order valence-electron chi connectivity index (χ3n) is 3.40. The minimum Gasteiger partial charge on any atom is -0.486 e. The number of benzene rings is 2. The molecule has 0 saturated heterocycles. The van der Waals surface area contributed by atoms with Gasteiger partial charge >= 0.3 is 5.97 Å². The highest BCUT2D eigenvalue weighted by Crippen LogP contribution is 2.31. The van der Waals surface area contributed by atoms with Crippen LogP contribution in [0, 0.1) is 0 Å². The zero-order valence-electron chi connectivity index (χ0n) is 12.5. The number of nitrogens with one attached hydrogen (secondary N) is 1. The van der Waals surface area contributed by atoms with Crippen molar-refractivity contribution in [2.24, 2.45) is 0 Å². The van der Waals surface area contributed by atoms with Crippen molar-refractivity contribution in [3.63, 3.8) is 0 Å². The van der Waals surface area contributed by atoms with Crippen molar-refractivity contribution >= 4 is 29.2 Å². The molecule has 1 aliphatic heterocycles. The molecule has 0 unspecified atom stereocenters. The van der Waals surface area contributed by atoms with Gasteiger partial charge in [0, 0.05) is 10.7 Å². The molecule has 124 valence electrons. The fourth-order valence-electron chi connectivity index (χ4n) is 2.37. The molecule has 0 aromatic heterocycles. The number of carboxylic acid groups (broad SMARTS) is 1. The summed E-state index contributed by atoms with van der Waals surface area (Å²) in [6, 6.07) is 9.48. The molecule has 6 nitrogen and oxygen atoms in total. The van der Waals surface area contributed by atoms with E-state index in [2.05, 4.69) is 5.32 Å². The van der Waals surface area contributed by atoms with Gasteiger partial charge in [0.1, 0.15) is 13.2 Å². The molecule has 3 rings (SSSR count). The molecule has 1 aliphatic rings. The highest BCUT2D eigenvalue weighted by molar-refractivity contribution is 6.31. The molecule has 1 amide bonds. The maximum Gasteiger partial charge on any atom is 0.335 e. The Kier molecular flexibility index (Phi) is 4.57. The fourth-order valence-corrected chi connectivity index (χ4v) is 2.61. The average Bonchev–Trinajstić information content (AvgIpc) is 2.54. The third-order valence-corrected chi connectivity index (χ3v) is 3.62. The second kappa shape index (κ2) is 6.80. The summed E-state index contributed by atoms with van der Waals surface area (Å²) in [5, 5.41) is 11.9.